The Kier molecular flexibility index (Phi) is 3.77. The van der Waals surface area contributed by atoms with Gasteiger partial charge in [0, 0.05) is 0 Å². The molecule has 1 saturated carbocycles. The van der Waals surface area contributed by atoms with Crippen molar-refractivity contribution in [3.63, 3.8) is 0 Å². The van der Waals surface area contributed by atoms with Gasteiger partial charge in [0.25, 0.3) is 0 Å². The predicted octanol–water partition coefficient (Wildman–Crippen LogP) is 3.26. The number of hydrogen-bond donors (Lipinski definition) is 1. The lowest BCUT2D eigenvalue weighted by Crippen LogP contribution is -2.23. The summed E-state index contributed by atoms with van der Waals surface area (Å²) < 4.78 is 13.5. The maximum atomic E-state index is 13.5. The molecule has 1 fully saturated rings. The number of carboxylic acids is 1. The number of aliphatic carboxylic acids is 1. The molecule has 17 heavy (non-hydrogen) atoms. The van der Waals surface area contributed by atoms with Gasteiger partial charge in [-0.2, -0.15) is 0 Å². The van der Waals surface area contributed by atoms with E-state index < -0.39 is 11.9 Å². The number of hydrogen-bond acceptors (Lipinski definition) is 1. The molecule has 1 aliphatic rings. The van der Waals surface area contributed by atoms with Crippen LogP contribution in [0.3, 0.4) is 0 Å². The van der Waals surface area contributed by atoms with E-state index in [1.54, 1.807) is 18.2 Å². The van der Waals surface area contributed by atoms with Crippen LogP contribution >= 0.6 is 0 Å². The molecule has 0 saturated heterocycles. The molecule has 1 aliphatic carbocycles. The summed E-state index contributed by atoms with van der Waals surface area (Å²) in [4.78, 5) is 11.2. The van der Waals surface area contributed by atoms with Crippen LogP contribution in [-0.2, 0) is 11.2 Å². The van der Waals surface area contributed by atoms with Gasteiger partial charge < -0.3 is 5.11 Å². The topological polar surface area (TPSA) is 37.3 Å². The predicted molar refractivity (Wildman–Crippen MR) is 63.2 cm³/mol. The molecule has 0 radical (unpaired) electrons. The Labute approximate surface area is 100 Å². The third-order valence-electron chi connectivity index (χ3n) is 3.62. The van der Waals surface area contributed by atoms with Gasteiger partial charge >= 0.3 is 5.97 Å². The Hall–Kier alpha value is -1.38. The zero-order valence-electron chi connectivity index (χ0n) is 9.73. The van der Waals surface area contributed by atoms with E-state index in [-0.39, 0.29) is 5.82 Å². The van der Waals surface area contributed by atoms with Gasteiger partial charge in [0.15, 0.2) is 0 Å². The standard InChI is InChI=1S/C14H17FO2/c15-13-7-2-1-6-11(13)9-12(14(16)17)8-10-4-3-5-10/h1-2,6-7,10,12H,3-5,8-9H2,(H,16,17). The summed E-state index contributed by atoms with van der Waals surface area (Å²) in [5.74, 6) is -1.02. The first-order valence-electron chi connectivity index (χ1n) is 6.13. The Bertz CT molecular complexity index is 399. The van der Waals surface area contributed by atoms with Gasteiger partial charge in [0.2, 0.25) is 0 Å². The van der Waals surface area contributed by atoms with Gasteiger partial charge in [-0.1, -0.05) is 37.5 Å². The highest BCUT2D eigenvalue weighted by atomic mass is 19.1. The van der Waals surface area contributed by atoms with Gasteiger partial charge in [0.1, 0.15) is 5.82 Å². The fourth-order valence-electron chi connectivity index (χ4n) is 2.33. The second-order valence-corrected chi connectivity index (χ2v) is 4.86. The molecule has 2 rings (SSSR count). The van der Waals surface area contributed by atoms with Crippen LogP contribution in [0.4, 0.5) is 4.39 Å². The van der Waals surface area contributed by atoms with Crippen molar-refractivity contribution in [1.29, 1.82) is 0 Å². The monoisotopic (exact) mass is 236 g/mol. The third-order valence-corrected chi connectivity index (χ3v) is 3.62. The average molecular weight is 236 g/mol. The second kappa shape index (κ2) is 5.30. The summed E-state index contributed by atoms with van der Waals surface area (Å²) in [6.45, 7) is 0. The maximum Gasteiger partial charge on any atom is 0.306 e. The first-order valence-corrected chi connectivity index (χ1v) is 6.13. The van der Waals surface area contributed by atoms with Crippen molar-refractivity contribution in [2.24, 2.45) is 11.8 Å². The summed E-state index contributed by atoms with van der Waals surface area (Å²) in [7, 11) is 0. The van der Waals surface area contributed by atoms with Gasteiger partial charge in [0.05, 0.1) is 5.92 Å². The molecule has 1 atom stereocenters. The molecule has 1 N–H and O–H groups in total. The zero-order chi connectivity index (χ0) is 12.3. The molecule has 3 heteroatoms. The smallest absolute Gasteiger partial charge is 0.306 e. The minimum absolute atomic E-state index is 0.299. The van der Waals surface area contributed by atoms with Crippen LogP contribution in [0.5, 0.6) is 0 Å². The van der Waals surface area contributed by atoms with Crippen LogP contribution in [0.2, 0.25) is 0 Å². The highest BCUT2D eigenvalue weighted by Crippen LogP contribution is 2.33. The Morgan fingerprint density at radius 2 is 2.12 bits per heavy atom. The molecule has 2 nitrogen and oxygen atoms in total. The van der Waals surface area contributed by atoms with E-state index in [1.165, 1.54) is 12.5 Å². The van der Waals surface area contributed by atoms with Crippen molar-refractivity contribution >= 4 is 5.97 Å². The summed E-state index contributed by atoms with van der Waals surface area (Å²) in [5.41, 5.74) is 0.513. The first kappa shape index (κ1) is 12.1. The Balaban J connectivity index is 2.01. The van der Waals surface area contributed by atoms with Gasteiger partial charge in [-0.05, 0) is 30.4 Å². The maximum absolute atomic E-state index is 13.5. The third kappa shape index (κ3) is 3.05. The van der Waals surface area contributed by atoms with E-state index in [0.717, 1.165) is 12.8 Å². The highest BCUT2D eigenvalue weighted by molar-refractivity contribution is 5.70. The molecule has 0 aromatic heterocycles. The largest absolute Gasteiger partial charge is 0.481 e. The van der Waals surface area contributed by atoms with Crippen LogP contribution in [0.25, 0.3) is 0 Å². The normalized spacial score (nSPS) is 17.5. The molecule has 1 unspecified atom stereocenters. The van der Waals surface area contributed by atoms with Crippen molar-refractivity contribution in [2.75, 3.05) is 0 Å². The minimum atomic E-state index is -0.805. The summed E-state index contributed by atoms with van der Waals surface area (Å²) in [5, 5.41) is 9.17. The summed E-state index contributed by atoms with van der Waals surface area (Å²) in [6, 6.07) is 6.44. The van der Waals surface area contributed by atoms with Gasteiger partial charge in [-0.15, -0.1) is 0 Å². The van der Waals surface area contributed by atoms with Crippen molar-refractivity contribution < 1.29 is 14.3 Å². The van der Waals surface area contributed by atoms with Crippen molar-refractivity contribution in [3.05, 3.63) is 35.6 Å². The van der Waals surface area contributed by atoms with Crippen LogP contribution < -0.4 is 0 Å². The molecule has 0 aliphatic heterocycles. The minimum Gasteiger partial charge on any atom is -0.481 e. The fourth-order valence-corrected chi connectivity index (χ4v) is 2.33. The molecular formula is C14H17FO2. The van der Waals surface area contributed by atoms with Crippen molar-refractivity contribution in [1.82, 2.24) is 0 Å². The molecule has 0 spiro atoms. The highest BCUT2D eigenvalue weighted by Gasteiger charge is 2.27. The molecule has 1 aromatic carbocycles. The van der Waals surface area contributed by atoms with E-state index in [0.29, 0.717) is 24.3 Å². The molecule has 1 aromatic rings. The van der Waals surface area contributed by atoms with Crippen molar-refractivity contribution in [3.8, 4) is 0 Å². The zero-order valence-corrected chi connectivity index (χ0v) is 9.73. The quantitative estimate of drug-likeness (QED) is 0.852. The number of carbonyl (C=O) groups is 1. The SMILES string of the molecule is O=C(O)C(Cc1ccccc1F)CC1CCC1. The lowest BCUT2D eigenvalue weighted by atomic mass is 9.77. The summed E-state index contributed by atoms with van der Waals surface area (Å²) >= 11 is 0. The number of halogens is 1. The van der Waals surface area contributed by atoms with E-state index >= 15 is 0 Å². The van der Waals surface area contributed by atoms with E-state index in [1.807, 2.05) is 0 Å². The fraction of sp³-hybridized carbons (Fsp3) is 0.500. The van der Waals surface area contributed by atoms with Crippen molar-refractivity contribution in [2.45, 2.75) is 32.1 Å². The lowest BCUT2D eigenvalue weighted by molar-refractivity contribution is -0.142. The van der Waals surface area contributed by atoms with E-state index in [9.17, 15) is 14.3 Å². The average Bonchev–Trinajstić information content (AvgIpc) is 2.23. The van der Waals surface area contributed by atoms with Crippen LogP contribution in [0, 0.1) is 17.7 Å². The number of carboxylic acid groups (broad SMARTS) is 1. The van der Waals surface area contributed by atoms with E-state index in [2.05, 4.69) is 0 Å². The van der Waals surface area contributed by atoms with Crippen LogP contribution in [-0.4, -0.2) is 11.1 Å². The first-order chi connectivity index (χ1) is 8.16. The molecule has 0 amide bonds. The Morgan fingerprint density at radius 1 is 1.41 bits per heavy atom. The summed E-state index contributed by atoms with van der Waals surface area (Å²) in [6.07, 6.45) is 4.45. The molecule has 0 heterocycles. The van der Waals surface area contributed by atoms with Crippen LogP contribution in [0.15, 0.2) is 24.3 Å². The van der Waals surface area contributed by atoms with Gasteiger partial charge in [-0.25, -0.2) is 4.39 Å². The molecule has 0 bridgehead atoms. The second-order valence-electron chi connectivity index (χ2n) is 4.86. The van der Waals surface area contributed by atoms with Gasteiger partial charge in [-0.3, -0.25) is 4.79 Å². The van der Waals surface area contributed by atoms with Crippen LogP contribution in [0.1, 0.15) is 31.2 Å². The Morgan fingerprint density at radius 3 is 2.65 bits per heavy atom. The lowest BCUT2D eigenvalue weighted by Gasteiger charge is -2.28. The number of benzene rings is 1. The van der Waals surface area contributed by atoms with E-state index in [4.69, 9.17) is 0 Å². The molecular weight excluding hydrogens is 219 g/mol. The number of rotatable bonds is 5. The molecule has 92 valence electrons.